The molecule has 0 fully saturated rings. The van der Waals surface area contributed by atoms with Crippen LogP contribution in [0.15, 0.2) is 41.3 Å². The van der Waals surface area contributed by atoms with Gasteiger partial charge in [-0.2, -0.15) is 0 Å². The van der Waals surface area contributed by atoms with Crippen LogP contribution in [0.4, 0.5) is 5.69 Å². The third kappa shape index (κ3) is 2.33. The molecule has 3 nitrogen and oxygen atoms in total. The molecule has 7 heteroatoms. The van der Waals surface area contributed by atoms with Gasteiger partial charge < -0.3 is 5.73 Å². The Morgan fingerprint density at radius 1 is 0.944 bits per heavy atom. The molecule has 96 valence electrons. The van der Waals surface area contributed by atoms with Gasteiger partial charge in [-0.15, -0.1) is 0 Å². The van der Waals surface area contributed by atoms with E-state index in [1.807, 2.05) is 6.07 Å². The zero-order chi connectivity index (χ0) is 13.6. The average Bonchev–Trinajstić information content (AvgIpc) is 2.28. The second-order valence-corrected chi connectivity index (χ2v) is 14.0. The maximum Gasteiger partial charge on any atom is 0.239 e. The number of benzene rings is 2. The monoisotopic (exact) mass is 455 g/mol. The molecule has 0 saturated carbocycles. The summed E-state index contributed by atoms with van der Waals surface area (Å²) in [6.45, 7) is 0. The number of fused-ring (bicyclic) bond motifs is 1. The summed E-state index contributed by atoms with van der Waals surface area (Å²) in [6, 6.07) is 10.2. The molecule has 0 saturated heterocycles. The zero-order valence-electron chi connectivity index (χ0n) is 8.90. The zero-order valence-corrected chi connectivity index (χ0v) is 14.5. The fourth-order valence-electron chi connectivity index (χ4n) is 1.65. The third-order valence-electron chi connectivity index (χ3n) is 2.51. The van der Waals surface area contributed by atoms with Gasteiger partial charge >= 0.3 is 0 Å². The fraction of sp³-hybridized carbons (Fsp3) is 0.0909. The number of hydrogen-bond acceptors (Lipinski definition) is 3. The lowest BCUT2D eigenvalue weighted by Gasteiger charge is -2.16. The Kier molecular flexibility index (Phi) is 3.79. The maximum absolute atomic E-state index is 12.4. The highest BCUT2D eigenvalue weighted by Crippen LogP contribution is 2.45. The van der Waals surface area contributed by atoms with Gasteiger partial charge in [-0.1, -0.05) is 24.3 Å². The molecule has 2 aromatic carbocycles. The van der Waals surface area contributed by atoms with Gasteiger partial charge in [0.15, 0.2) is 0 Å². The number of anilines is 1. The topological polar surface area (TPSA) is 60.2 Å². The number of nitrogens with two attached hydrogens (primary N) is 1. The molecule has 0 unspecified atom stereocenters. The molecule has 2 N–H and O–H groups in total. The first-order valence-electron chi connectivity index (χ1n) is 4.84. The van der Waals surface area contributed by atoms with Gasteiger partial charge in [0.25, 0.3) is 0 Å². The fourth-order valence-corrected chi connectivity index (χ4v) is 4.19. The van der Waals surface area contributed by atoms with Crippen LogP contribution < -0.4 is 5.73 Å². The number of sulfone groups is 1. The molecule has 0 aliphatic carbocycles. The van der Waals surface area contributed by atoms with E-state index in [9.17, 15) is 8.42 Å². The van der Waals surface area contributed by atoms with Gasteiger partial charge in [-0.05, 0) is 59.9 Å². The predicted octanol–water partition coefficient (Wildman–Crippen LogP) is 3.99. The van der Waals surface area contributed by atoms with Gasteiger partial charge in [0.05, 0.1) is 4.90 Å². The lowest BCUT2D eigenvalue weighted by molar-refractivity contribution is 0.599. The second kappa shape index (κ2) is 4.77. The Morgan fingerprint density at radius 2 is 1.50 bits per heavy atom. The Bertz CT molecular complexity index is 708. The van der Waals surface area contributed by atoms with Crippen LogP contribution in [0.5, 0.6) is 0 Å². The van der Waals surface area contributed by atoms with Crippen LogP contribution in [0, 0.1) is 0 Å². The van der Waals surface area contributed by atoms with E-state index in [1.54, 1.807) is 24.3 Å². The van der Waals surface area contributed by atoms with Crippen molar-refractivity contribution in [3.63, 3.8) is 0 Å². The standard InChI is InChI=1S/C11H8Br3NO2S/c12-11(13,14)18(16,17)10-6-5-9(15)7-3-1-2-4-8(7)10/h1-6H,15H2. The van der Waals surface area contributed by atoms with E-state index < -0.39 is 11.3 Å². The summed E-state index contributed by atoms with van der Waals surface area (Å²) >= 11 is 9.17. The Hall–Kier alpha value is -0.110. The SMILES string of the molecule is Nc1ccc(S(=O)(=O)C(Br)(Br)Br)c2ccccc12. The molecule has 18 heavy (non-hydrogen) atoms. The molecule has 2 rings (SSSR count). The minimum Gasteiger partial charge on any atom is -0.398 e. The number of hydrogen-bond donors (Lipinski definition) is 1. The van der Waals surface area contributed by atoms with Crippen LogP contribution in [-0.4, -0.2) is 9.89 Å². The Labute approximate surface area is 130 Å². The highest BCUT2D eigenvalue weighted by atomic mass is 80.0. The molecule has 0 aliphatic heterocycles. The van der Waals surface area contributed by atoms with Crippen LogP contribution in [0.3, 0.4) is 0 Å². The van der Waals surface area contributed by atoms with Crippen LogP contribution in [0.1, 0.15) is 0 Å². The Balaban J connectivity index is 2.87. The minimum absolute atomic E-state index is 0.206. The van der Waals surface area contributed by atoms with E-state index in [1.165, 1.54) is 6.07 Å². The summed E-state index contributed by atoms with van der Waals surface area (Å²) in [5, 5.41) is 1.32. The lowest BCUT2D eigenvalue weighted by Crippen LogP contribution is -2.18. The third-order valence-corrected chi connectivity index (χ3v) is 7.89. The molecule has 0 aromatic heterocycles. The molecule has 0 radical (unpaired) electrons. The summed E-state index contributed by atoms with van der Waals surface area (Å²) in [6.07, 6.45) is 0. The molecule has 2 aromatic rings. The van der Waals surface area contributed by atoms with Crippen molar-refractivity contribution in [1.82, 2.24) is 0 Å². The first-order chi connectivity index (χ1) is 8.25. The first kappa shape index (κ1) is 14.3. The van der Waals surface area contributed by atoms with E-state index in [4.69, 9.17) is 5.73 Å². The van der Waals surface area contributed by atoms with Gasteiger partial charge in [0, 0.05) is 16.5 Å². The van der Waals surface area contributed by atoms with Crippen molar-refractivity contribution in [1.29, 1.82) is 0 Å². The largest absolute Gasteiger partial charge is 0.398 e. The van der Waals surface area contributed by atoms with E-state index in [-0.39, 0.29) is 4.90 Å². The molecular weight excluding hydrogens is 450 g/mol. The van der Waals surface area contributed by atoms with Crippen molar-refractivity contribution in [3.05, 3.63) is 36.4 Å². The summed E-state index contributed by atoms with van der Waals surface area (Å²) < 4.78 is 23.4. The van der Waals surface area contributed by atoms with Crippen LogP contribution in [0.2, 0.25) is 0 Å². The minimum atomic E-state index is -3.63. The van der Waals surface area contributed by atoms with Crippen molar-refractivity contribution < 1.29 is 8.42 Å². The molecule has 0 spiro atoms. The molecule has 0 bridgehead atoms. The number of rotatable bonds is 1. The molecule has 0 heterocycles. The maximum atomic E-state index is 12.4. The van der Waals surface area contributed by atoms with E-state index in [2.05, 4.69) is 47.8 Å². The van der Waals surface area contributed by atoms with Gasteiger partial charge in [0.2, 0.25) is 11.3 Å². The van der Waals surface area contributed by atoms with Crippen molar-refractivity contribution in [2.24, 2.45) is 0 Å². The van der Waals surface area contributed by atoms with E-state index in [0.717, 1.165) is 5.39 Å². The average molecular weight is 458 g/mol. The van der Waals surface area contributed by atoms with Crippen molar-refractivity contribution in [2.45, 2.75) is 6.37 Å². The molecule has 0 aliphatic rings. The Morgan fingerprint density at radius 3 is 2.06 bits per heavy atom. The van der Waals surface area contributed by atoms with Crippen molar-refractivity contribution >= 4 is 74.1 Å². The number of halogens is 3. The van der Waals surface area contributed by atoms with Gasteiger partial charge in [0.1, 0.15) is 0 Å². The number of alkyl halides is 3. The highest BCUT2D eigenvalue weighted by molar-refractivity contribution is 9.42. The molecule has 0 amide bonds. The summed E-state index contributed by atoms with van der Waals surface area (Å²) in [5.41, 5.74) is 6.40. The van der Waals surface area contributed by atoms with Crippen LogP contribution in [-0.2, 0) is 9.84 Å². The van der Waals surface area contributed by atoms with Crippen molar-refractivity contribution in [2.75, 3.05) is 5.73 Å². The summed E-state index contributed by atoms with van der Waals surface area (Å²) in [7, 11) is -3.63. The second-order valence-electron chi connectivity index (χ2n) is 3.65. The number of nitrogen functional groups attached to an aromatic ring is 1. The van der Waals surface area contributed by atoms with E-state index in [0.29, 0.717) is 11.1 Å². The van der Waals surface area contributed by atoms with Gasteiger partial charge in [-0.25, -0.2) is 8.42 Å². The molecule has 0 atom stereocenters. The molecular formula is C11H8Br3NO2S. The predicted molar refractivity (Wildman–Crippen MR) is 85.1 cm³/mol. The normalized spacial score (nSPS) is 12.8. The lowest BCUT2D eigenvalue weighted by atomic mass is 10.1. The summed E-state index contributed by atoms with van der Waals surface area (Å²) in [5.74, 6) is 0. The van der Waals surface area contributed by atoms with Crippen LogP contribution >= 0.6 is 47.8 Å². The van der Waals surface area contributed by atoms with Crippen molar-refractivity contribution in [3.8, 4) is 0 Å². The highest BCUT2D eigenvalue weighted by Gasteiger charge is 2.38. The van der Waals surface area contributed by atoms with Crippen LogP contribution in [0.25, 0.3) is 10.8 Å². The van der Waals surface area contributed by atoms with Gasteiger partial charge in [-0.3, -0.25) is 0 Å². The quantitative estimate of drug-likeness (QED) is 0.520. The van der Waals surface area contributed by atoms with E-state index >= 15 is 0 Å². The summed E-state index contributed by atoms with van der Waals surface area (Å²) in [4.78, 5) is 0.206. The smallest absolute Gasteiger partial charge is 0.239 e. The first-order valence-corrected chi connectivity index (χ1v) is 8.70.